The molecule has 1 saturated heterocycles. The molecule has 0 bridgehead atoms. The molecule has 0 saturated carbocycles. The van der Waals surface area contributed by atoms with Gasteiger partial charge >= 0.3 is 0 Å². The van der Waals surface area contributed by atoms with Gasteiger partial charge in [0.05, 0.1) is 19.8 Å². The maximum absolute atomic E-state index is 5.77. The molecular weight excluding hydrogens is 372 g/mol. The van der Waals surface area contributed by atoms with Gasteiger partial charge in [-0.25, -0.2) is 0 Å². The van der Waals surface area contributed by atoms with Crippen LogP contribution < -0.4 is 10.6 Å². The van der Waals surface area contributed by atoms with Gasteiger partial charge in [0.15, 0.2) is 5.96 Å². The van der Waals surface area contributed by atoms with Crippen LogP contribution in [-0.2, 0) is 22.4 Å². The van der Waals surface area contributed by atoms with E-state index >= 15 is 0 Å². The first kappa shape index (κ1) is 21.6. The van der Waals surface area contributed by atoms with Crippen LogP contribution in [0.25, 0.3) is 0 Å². The van der Waals surface area contributed by atoms with Crippen molar-refractivity contribution in [2.24, 2.45) is 10.9 Å². The van der Waals surface area contributed by atoms with E-state index in [0.717, 1.165) is 78.0 Å². The minimum Gasteiger partial charge on any atom is -0.381 e. The molecule has 0 radical (unpaired) electrons. The van der Waals surface area contributed by atoms with Crippen LogP contribution in [0.3, 0.4) is 0 Å². The Balaban J connectivity index is 1.33. The standard InChI is InChI=1S/C21H36N4O2S/c1-3-22-21(23-8-4-10-26-15-18-6-11-27-16-18)24-13-17(2)25-9-5-20-19(14-25)7-12-28-20/h7,12,17-18H,3-6,8-11,13-16H2,1-2H3,(H2,22,23,24). The highest BCUT2D eigenvalue weighted by Gasteiger charge is 2.21. The van der Waals surface area contributed by atoms with E-state index in [1.54, 1.807) is 4.88 Å². The Morgan fingerprint density at radius 3 is 3.21 bits per heavy atom. The van der Waals surface area contributed by atoms with Crippen LogP contribution in [0.4, 0.5) is 0 Å². The van der Waals surface area contributed by atoms with Crippen LogP contribution in [0.2, 0.25) is 0 Å². The second-order valence-electron chi connectivity index (χ2n) is 7.74. The third-order valence-corrected chi connectivity index (χ3v) is 6.48. The van der Waals surface area contributed by atoms with Crippen molar-refractivity contribution in [3.8, 4) is 0 Å². The van der Waals surface area contributed by atoms with Crippen LogP contribution in [-0.4, -0.2) is 69.5 Å². The summed E-state index contributed by atoms with van der Waals surface area (Å²) in [5.74, 6) is 1.50. The Labute approximate surface area is 173 Å². The van der Waals surface area contributed by atoms with E-state index in [0.29, 0.717) is 12.0 Å². The Hall–Kier alpha value is -1.15. The number of hydrogen-bond donors (Lipinski definition) is 2. The average Bonchev–Trinajstić information content (AvgIpc) is 3.39. The average molecular weight is 409 g/mol. The molecule has 2 aliphatic heterocycles. The number of fused-ring (bicyclic) bond motifs is 1. The van der Waals surface area contributed by atoms with E-state index in [1.807, 2.05) is 11.3 Å². The van der Waals surface area contributed by atoms with E-state index in [-0.39, 0.29) is 0 Å². The summed E-state index contributed by atoms with van der Waals surface area (Å²) in [7, 11) is 0. The minimum absolute atomic E-state index is 0.445. The number of ether oxygens (including phenoxy) is 2. The van der Waals surface area contributed by atoms with Crippen molar-refractivity contribution in [1.29, 1.82) is 0 Å². The number of aliphatic imine (C=N–C) groups is 1. The fraction of sp³-hybridized carbons (Fsp3) is 0.762. The summed E-state index contributed by atoms with van der Waals surface area (Å²) in [5.41, 5.74) is 1.50. The van der Waals surface area contributed by atoms with Crippen molar-refractivity contribution in [2.45, 2.75) is 45.7 Å². The minimum atomic E-state index is 0.445. The van der Waals surface area contributed by atoms with Crippen molar-refractivity contribution in [3.05, 3.63) is 21.9 Å². The lowest BCUT2D eigenvalue weighted by molar-refractivity contribution is 0.0888. The highest BCUT2D eigenvalue weighted by atomic mass is 32.1. The second kappa shape index (κ2) is 11.8. The molecule has 2 N–H and O–H groups in total. The summed E-state index contributed by atoms with van der Waals surface area (Å²) in [4.78, 5) is 8.92. The number of rotatable bonds is 10. The lowest BCUT2D eigenvalue weighted by atomic mass is 10.1. The van der Waals surface area contributed by atoms with E-state index in [2.05, 4.69) is 40.8 Å². The smallest absolute Gasteiger partial charge is 0.191 e. The second-order valence-corrected chi connectivity index (χ2v) is 8.74. The van der Waals surface area contributed by atoms with E-state index in [1.165, 1.54) is 12.0 Å². The van der Waals surface area contributed by atoms with Gasteiger partial charge in [0.1, 0.15) is 0 Å². The third-order valence-electron chi connectivity index (χ3n) is 5.45. The lowest BCUT2D eigenvalue weighted by Crippen LogP contribution is -2.41. The van der Waals surface area contributed by atoms with Gasteiger partial charge in [-0.1, -0.05) is 0 Å². The monoisotopic (exact) mass is 408 g/mol. The number of thiophene rings is 1. The van der Waals surface area contributed by atoms with Crippen molar-refractivity contribution in [1.82, 2.24) is 15.5 Å². The first-order valence-electron chi connectivity index (χ1n) is 10.7. The molecule has 1 fully saturated rings. The van der Waals surface area contributed by atoms with Crippen molar-refractivity contribution in [2.75, 3.05) is 52.6 Å². The van der Waals surface area contributed by atoms with Crippen LogP contribution in [0.1, 0.15) is 37.1 Å². The molecular formula is C21H36N4O2S. The fourth-order valence-electron chi connectivity index (χ4n) is 3.67. The Morgan fingerprint density at radius 2 is 2.39 bits per heavy atom. The first-order chi connectivity index (χ1) is 13.8. The molecule has 1 aromatic heterocycles. The molecule has 2 unspecified atom stereocenters. The zero-order chi connectivity index (χ0) is 19.6. The molecule has 0 aromatic carbocycles. The number of hydrogen-bond acceptors (Lipinski definition) is 5. The lowest BCUT2D eigenvalue weighted by Gasteiger charge is -2.31. The maximum atomic E-state index is 5.77. The van der Waals surface area contributed by atoms with Gasteiger partial charge in [0.25, 0.3) is 0 Å². The Bertz CT molecular complexity index is 601. The predicted molar refractivity (Wildman–Crippen MR) is 116 cm³/mol. The normalized spacial score (nSPS) is 21.5. The summed E-state index contributed by atoms with van der Waals surface area (Å²) >= 11 is 1.89. The van der Waals surface area contributed by atoms with Crippen LogP contribution in [0.5, 0.6) is 0 Å². The predicted octanol–water partition coefficient (Wildman–Crippen LogP) is 2.49. The fourth-order valence-corrected chi connectivity index (χ4v) is 4.56. The molecule has 28 heavy (non-hydrogen) atoms. The Morgan fingerprint density at radius 1 is 1.46 bits per heavy atom. The molecule has 0 amide bonds. The SMILES string of the molecule is CCNC(=NCC(C)N1CCc2sccc2C1)NCCCOCC1CCOC1. The zero-order valence-electron chi connectivity index (χ0n) is 17.4. The van der Waals surface area contributed by atoms with Crippen LogP contribution in [0, 0.1) is 5.92 Å². The van der Waals surface area contributed by atoms with Gasteiger partial charge in [0.2, 0.25) is 0 Å². The summed E-state index contributed by atoms with van der Waals surface area (Å²) in [6, 6.07) is 2.72. The van der Waals surface area contributed by atoms with Gasteiger partial charge in [-0.2, -0.15) is 0 Å². The van der Waals surface area contributed by atoms with E-state index < -0.39 is 0 Å². The molecule has 3 heterocycles. The van der Waals surface area contributed by atoms with E-state index in [4.69, 9.17) is 14.5 Å². The first-order valence-corrected chi connectivity index (χ1v) is 11.6. The topological polar surface area (TPSA) is 58.1 Å². The van der Waals surface area contributed by atoms with Gasteiger partial charge in [-0.3, -0.25) is 9.89 Å². The largest absolute Gasteiger partial charge is 0.381 e. The highest BCUT2D eigenvalue weighted by Crippen LogP contribution is 2.25. The van der Waals surface area contributed by atoms with Crippen molar-refractivity contribution >= 4 is 17.3 Å². The van der Waals surface area contributed by atoms with E-state index in [9.17, 15) is 0 Å². The molecule has 6 nitrogen and oxygen atoms in total. The van der Waals surface area contributed by atoms with Gasteiger partial charge < -0.3 is 20.1 Å². The van der Waals surface area contributed by atoms with Crippen molar-refractivity contribution < 1.29 is 9.47 Å². The van der Waals surface area contributed by atoms with Crippen molar-refractivity contribution in [3.63, 3.8) is 0 Å². The van der Waals surface area contributed by atoms with Gasteiger partial charge in [-0.05, 0) is 50.1 Å². The molecule has 0 spiro atoms. The molecule has 2 atom stereocenters. The van der Waals surface area contributed by atoms with Gasteiger partial charge in [0, 0.05) is 56.2 Å². The summed E-state index contributed by atoms with van der Waals surface area (Å²) in [5, 5.41) is 9.01. The molecule has 3 rings (SSSR count). The zero-order valence-corrected chi connectivity index (χ0v) is 18.2. The maximum Gasteiger partial charge on any atom is 0.191 e. The Kier molecular flexibility index (Phi) is 9.05. The molecule has 0 aliphatic carbocycles. The number of guanidine groups is 1. The molecule has 7 heteroatoms. The molecule has 2 aliphatic rings. The van der Waals surface area contributed by atoms with Crippen LogP contribution in [0.15, 0.2) is 16.4 Å². The summed E-state index contributed by atoms with van der Waals surface area (Å²) < 4.78 is 11.2. The van der Waals surface area contributed by atoms with Gasteiger partial charge in [-0.15, -0.1) is 11.3 Å². The highest BCUT2D eigenvalue weighted by molar-refractivity contribution is 7.10. The summed E-state index contributed by atoms with van der Waals surface area (Å²) in [6.45, 7) is 12.5. The van der Waals surface area contributed by atoms with Crippen LogP contribution >= 0.6 is 11.3 Å². The number of nitrogens with one attached hydrogen (secondary N) is 2. The number of nitrogens with zero attached hydrogens (tertiary/aromatic N) is 2. The summed E-state index contributed by atoms with van der Waals surface area (Å²) in [6.07, 6.45) is 3.30. The molecule has 158 valence electrons. The quantitative estimate of drug-likeness (QED) is 0.354. The third kappa shape index (κ3) is 6.72. The molecule has 1 aromatic rings.